The van der Waals surface area contributed by atoms with Crippen molar-refractivity contribution < 1.29 is 4.74 Å². The van der Waals surface area contributed by atoms with Crippen LogP contribution in [0.15, 0.2) is 36.4 Å². The fraction of sp³-hybridized carbons (Fsp3) is 0.524. The first-order chi connectivity index (χ1) is 13.6. The van der Waals surface area contributed by atoms with Crippen LogP contribution in [-0.4, -0.2) is 65.0 Å². The number of piperidine rings is 1. The Bertz CT molecular complexity index is 793. The molecule has 0 amide bonds. The highest BCUT2D eigenvalue weighted by Crippen LogP contribution is 2.25. The van der Waals surface area contributed by atoms with Crippen LogP contribution in [0, 0.1) is 6.92 Å². The smallest absolute Gasteiger partial charge is 0.246 e. The van der Waals surface area contributed by atoms with Crippen LogP contribution in [0.25, 0.3) is 0 Å². The van der Waals surface area contributed by atoms with Gasteiger partial charge in [0.15, 0.2) is 0 Å². The maximum absolute atomic E-state index is 5.94. The number of nitrogen functional groups attached to an aromatic ring is 1. The summed E-state index contributed by atoms with van der Waals surface area (Å²) in [7, 11) is 0. The van der Waals surface area contributed by atoms with Gasteiger partial charge in [0.25, 0.3) is 0 Å². The van der Waals surface area contributed by atoms with E-state index in [-0.39, 0.29) is 0 Å². The Morgan fingerprint density at radius 2 is 2.00 bits per heavy atom. The zero-order chi connectivity index (χ0) is 19.5. The van der Waals surface area contributed by atoms with Gasteiger partial charge in [0.1, 0.15) is 0 Å². The molecule has 1 aromatic heterocycles. The topological polar surface area (TPSA) is 83.3 Å². The molecule has 7 nitrogen and oxygen atoms in total. The van der Waals surface area contributed by atoms with E-state index in [1.54, 1.807) is 0 Å². The number of nitrogens with two attached hydrogens (primary N) is 1. The number of aromatic nitrogens is 3. The van der Waals surface area contributed by atoms with Crippen LogP contribution in [0.1, 0.15) is 24.0 Å². The van der Waals surface area contributed by atoms with Gasteiger partial charge in [0.05, 0.1) is 13.2 Å². The quantitative estimate of drug-likeness (QED) is 0.789. The highest BCUT2D eigenvalue weighted by molar-refractivity contribution is 5.34. The summed E-state index contributed by atoms with van der Waals surface area (Å²) in [6.45, 7) is 10.5. The van der Waals surface area contributed by atoms with Crippen molar-refractivity contribution in [3.05, 3.63) is 47.5 Å². The number of aromatic amines is 1. The first-order valence-electron chi connectivity index (χ1n) is 10.1. The van der Waals surface area contributed by atoms with Crippen molar-refractivity contribution in [2.24, 2.45) is 0 Å². The molecule has 1 atom stereocenters. The molecule has 150 valence electrons. The molecule has 28 heavy (non-hydrogen) atoms. The average molecular weight is 383 g/mol. The normalized spacial score (nSPS) is 22.4. The van der Waals surface area contributed by atoms with Crippen molar-refractivity contribution in [3.8, 4) is 0 Å². The number of nitrogens with one attached hydrogen (secondary N) is 1. The number of nitrogens with zero attached hydrogens (tertiary/aromatic N) is 4. The Balaban J connectivity index is 1.44. The molecule has 2 aromatic rings. The van der Waals surface area contributed by atoms with Crippen molar-refractivity contribution in [1.82, 2.24) is 20.1 Å². The zero-order valence-electron chi connectivity index (χ0n) is 16.6. The number of anilines is 2. The van der Waals surface area contributed by atoms with Gasteiger partial charge in [-0.2, -0.15) is 4.98 Å². The Morgan fingerprint density at radius 3 is 2.68 bits per heavy atom. The second-order valence-corrected chi connectivity index (χ2v) is 8.02. The lowest BCUT2D eigenvalue weighted by molar-refractivity contribution is 0.0711. The van der Waals surface area contributed by atoms with E-state index >= 15 is 0 Å². The van der Waals surface area contributed by atoms with Crippen molar-refractivity contribution in [2.75, 3.05) is 43.5 Å². The summed E-state index contributed by atoms with van der Waals surface area (Å²) in [6.07, 6.45) is 3.16. The van der Waals surface area contributed by atoms with Crippen LogP contribution >= 0.6 is 0 Å². The Morgan fingerprint density at radius 1 is 1.25 bits per heavy atom. The van der Waals surface area contributed by atoms with Gasteiger partial charge in [0, 0.05) is 31.7 Å². The minimum Gasteiger partial charge on any atom is -0.375 e. The first kappa shape index (κ1) is 19.0. The summed E-state index contributed by atoms with van der Waals surface area (Å²) in [5, 5.41) is 6.93. The molecular formula is C21H30N6O. The second-order valence-electron chi connectivity index (χ2n) is 8.02. The minimum absolute atomic E-state index is 0.372. The molecule has 4 rings (SSSR count). The van der Waals surface area contributed by atoms with Gasteiger partial charge in [-0.05, 0) is 37.3 Å². The summed E-state index contributed by atoms with van der Waals surface area (Å²) in [5.41, 5.74) is 9.50. The molecule has 2 saturated heterocycles. The number of ether oxygens (including phenoxy) is 1. The molecule has 0 aliphatic carbocycles. The molecule has 0 radical (unpaired) electrons. The van der Waals surface area contributed by atoms with Gasteiger partial charge in [-0.3, -0.25) is 4.90 Å². The maximum Gasteiger partial charge on any atom is 0.246 e. The van der Waals surface area contributed by atoms with Gasteiger partial charge in [-0.25, -0.2) is 5.10 Å². The summed E-state index contributed by atoms with van der Waals surface area (Å²) in [5.74, 6) is 1.08. The Kier molecular flexibility index (Phi) is 5.64. The van der Waals surface area contributed by atoms with Crippen LogP contribution in [0.3, 0.4) is 0 Å². The van der Waals surface area contributed by atoms with Gasteiger partial charge < -0.3 is 15.4 Å². The van der Waals surface area contributed by atoms with Gasteiger partial charge in [-0.15, -0.1) is 5.10 Å². The second kappa shape index (κ2) is 8.32. The van der Waals surface area contributed by atoms with E-state index in [0.29, 0.717) is 30.6 Å². The molecule has 2 aliphatic rings. The fourth-order valence-corrected chi connectivity index (χ4v) is 4.27. The van der Waals surface area contributed by atoms with Gasteiger partial charge >= 0.3 is 0 Å². The van der Waals surface area contributed by atoms with E-state index in [4.69, 9.17) is 10.5 Å². The van der Waals surface area contributed by atoms with Crippen molar-refractivity contribution in [3.63, 3.8) is 0 Å². The molecule has 0 unspecified atom stereocenters. The van der Waals surface area contributed by atoms with Crippen LogP contribution < -0.4 is 10.6 Å². The van der Waals surface area contributed by atoms with E-state index in [1.165, 1.54) is 11.1 Å². The van der Waals surface area contributed by atoms with Gasteiger partial charge in [0.2, 0.25) is 11.9 Å². The molecule has 0 spiro atoms. The molecule has 3 N–H and O–H groups in total. The first-order valence-corrected chi connectivity index (χ1v) is 10.1. The van der Waals surface area contributed by atoms with Crippen LogP contribution in [0.2, 0.25) is 0 Å². The molecule has 2 fully saturated rings. The monoisotopic (exact) mass is 382 g/mol. The molecule has 0 bridgehead atoms. The van der Waals surface area contributed by atoms with Crippen molar-refractivity contribution in [1.29, 1.82) is 0 Å². The van der Waals surface area contributed by atoms with E-state index in [9.17, 15) is 0 Å². The largest absolute Gasteiger partial charge is 0.375 e. The summed E-state index contributed by atoms with van der Waals surface area (Å²) in [4.78, 5) is 9.10. The van der Waals surface area contributed by atoms with Crippen molar-refractivity contribution >= 4 is 11.9 Å². The predicted molar refractivity (Wildman–Crippen MR) is 111 cm³/mol. The average Bonchev–Trinajstić information content (AvgIpc) is 3.05. The number of hydrogen-bond acceptors (Lipinski definition) is 6. The molecule has 2 aliphatic heterocycles. The van der Waals surface area contributed by atoms with E-state index in [2.05, 4.69) is 62.7 Å². The number of benzene rings is 1. The standard InChI is InChI=1S/C21H30N6O/c1-15-3-5-17(6-4-15)11-19-14-28-13-16(2)12-27(19)18-7-9-26(10-8-18)21-23-20(22)24-25-21/h3-6,18-19H,2,7-14H2,1H3,(H3,22,23,24,25)/t19-/m0/s1. The number of hydrogen-bond donors (Lipinski definition) is 2. The third kappa shape index (κ3) is 4.36. The zero-order valence-corrected chi connectivity index (χ0v) is 16.6. The summed E-state index contributed by atoms with van der Waals surface area (Å²) < 4.78 is 5.94. The minimum atomic E-state index is 0.372. The van der Waals surface area contributed by atoms with E-state index < -0.39 is 0 Å². The lowest BCUT2D eigenvalue weighted by Gasteiger charge is -2.41. The number of H-pyrrole nitrogens is 1. The summed E-state index contributed by atoms with van der Waals surface area (Å²) in [6, 6.07) is 9.75. The Hall–Kier alpha value is -2.38. The lowest BCUT2D eigenvalue weighted by atomic mass is 9.97. The van der Waals surface area contributed by atoms with Crippen molar-refractivity contribution in [2.45, 2.75) is 38.3 Å². The third-order valence-corrected chi connectivity index (χ3v) is 5.79. The molecule has 3 heterocycles. The highest BCUT2D eigenvalue weighted by Gasteiger charge is 2.32. The van der Waals surface area contributed by atoms with Crippen LogP contribution in [0.4, 0.5) is 11.9 Å². The molecular weight excluding hydrogens is 352 g/mol. The SMILES string of the molecule is C=C1COC[C@H](Cc2ccc(C)cc2)N(C2CCN(c3n[nH]c(N)n3)CC2)C1. The highest BCUT2D eigenvalue weighted by atomic mass is 16.5. The van der Waals surface area contributed by atoms with E-state index in [1.807, 2.05) is 0 Å². The van der Waals surface area contributed by atoms with Crippen LogP contribution in [-0.2, 0) is 11.2 Å². The number of aryl methyl sites for hydroxylation is 1. The van der Waals surface area contributed by atoms with Crippen LogP contribution in [0.5, 0.6) is 0 Å². The van der Waals surface area contributed by atoms with E-state index in [0.717, 1.165) is 51.1 Å². The molecule has 1 aromatic carbocycles. The third-order valence-electron chi connectivity index (χ3n) is 5.79. The van der Waals surface area contributed by atoms with Gasteiger partial charge in [-0.1, -0.05) is 36.4 Å². The maximum atomic E-state index is 5.94. The summed E-state index contributed by atoms with van der Waals surface area (Å²) >= 11 is 0. The Labute approximate surface area is 166 Å². The predicted octanol–water partition coefficient (Wildman–Crippen LogP) is 2.16. The molecule has 0 saturated carbocycles. The number of rotatable bonds is 4. The molecule has 7 heteroatoms. The lowest BCUT2D eigenvalue weighted by Crippen LogP contribution is -2.51. The fourth-order valence-electron chi connectivity index (χ4n) is 4.27.